The lowest BCUT2D eigenvalue weighted by Crippen LogP contribution is -2.23. The van der Waals surface area contributed by atoms with Crippen LogP contribution < -0.4 is 0 Å². The Balaban J connectivity index is 2.02. The van der Waals surface area contributed by atoms with Crippen LogP contribution in [0.5, 0.6) is 0 Å². The molecule has 0 aromatic heterocycles. The van der Waals surface area contributed by atoms with Gasteiger partial charge in [-0.1, -0.05) is 58.3 Å². The standard InChI is InChI=1S/C17H34N/c1-3-4-5-11-15-18(2)16-14-17-12-9-7-6-8-10-13-17/h7,17H,3-6,8-16H2,1-2H3. The van der Waals surface area contributed by atoms with Crippen LogP contribution in [-0.2, 0) is 0 Å². The van der Waals surface area contributed by atoms with Crippen molar-refractivity contribution in [3.05, 3.63) is 6.42 Å². The van der Waals surface area contributed by atoms with Crippen molar-refractivity contribution in [3.8, 4) is 0 Å². The zero-order valence-corrected chi connectivity index (χ0v) is 12.8. The molecule has 1 unspecified atom stereocenters. The first kappa shape index (κ1) is 16.0. The maximum Gasteiger partial charge on any atom is -0.00191 e. The molecule has 1 saturated carbocycles. The number of nitrogens with zero attached hydrogens (tertiary/aromatic N) is 1. The van der Waals surface area contributed by atoms with Crippen LogP contribution in [-0.4, -0.2) is 25.0 Å². The average Bonchev–Trinajstić information content (AvgIpc) is 2.33. The molecule has 1 heteroatoms. The minimum Gasteiger partial charge on any atom is -0.306 e. The summed E-state index contributed by atoms with van der Waals surface area (Å²) in [6.07, 6.45) is 18.1. The second-order valence-corrected chi connectivity index (χ2v) is 6.17. The normalized spacial score (nSPS) is 18.8. The zero-order chi connectivity index (χ0) is 13.1. The molecule has 0 aromatic carbocycles. The monoisotopic (exact) mass is 252 g/mol. The molecule has 1 aliphatic rings. The predicted octanol–water partition coefficient (Wildman–Crippen LogP) is 5.06. The number of rotatable bonds is 8. The Bertz CT molecular complexity index is 170. The molecule has 0 spiro atoms. The van der Waals surface area contributed by atoms with Crippen molar-refractivity contribution in [2.45, 2.75) is 77.6 Å². The van der Waals surface area contributed by atoms with Crippen LogP contribution in [0.1, 0.15) is 77.6 Å². The van der Waals surface area contributed by atoms with Crippen molar-refractivity contribution in [2.24, 2.45) is 5.92 Å². The molecule has 0 saturated heterocycles. The van der Waals surface area contributed by atoms with E-state index in [4.69, 9.17) is 0 Å². The van der Waals surface area contributed by atoms with Crippen LogP contribution in [0.25, 0.3) is 0 Å². The van der Waals surface area contributed by atoms with E-state index in [2.05, 4.69) is 25.3 Å². The molecule has 0 amide bonds. The fourth-order valence-corrected chi connectivity index (χ4v) is 2.98. The highest BCUT2D eigenvalue weighted by atomic mass is 15.1. The Labute approximate surface area is 115 Å². The number of hydrogen-bond donors (Lipinski definition) is 0. The highest BCUT2D eigenvalue weighted by Crippen LogP contribution is 2.24. The first-order chi connectivity index (χ1) is 8.83. The third-order valence-corrected chi connectivity index (χ3v) is 4.36. The van der Waals surface area contributed by atoms with Crippen molar-refractivity contribution in [1.82, 2.24) is 4.90 Å². The minimum atomic E-state index is 1.000. The van der Waals surface area contributed by atoms with Gasteiger partial charge in [-0.3, -0.25) is 0 Å². The summed E-state index contributed by atoms with van der Waals surface area (Å²) in [6, 6.07) is 0. The minimum absolute atomic E-state index is 1.000. The molecule has 0 aliphatic heterocycles. The van der Waals surface area contributed by atoms with E-state index in [1.807, 2.05) is 0 Å². The molecule has 1 atom stereocenters. The number of hydrogen-bond acceptors (Lipinski definition) is 1. The molecule has 1 nitrogen and oxygen atoms in total. The van der Waals surface area contributed by atoms with Crippen molar-refractivity contribution < 1.29 is 0 Å². The molecule has 0 bridgehead atoms. The van der Waals surface area contributed by atoms with Gasteiger partial charge in [-0.05, 0) is 51.7 Å². The third kappa shape index (κ3) is 8.13. The van der Waals surface area contributed by atoms with Gasteiger partial charge < -0.3 is 4.90 Å². The van der Waals surface area contributed by atoms with E-state index in [-0.39, 0.29) is 0 Å². The van der Waals surface area contributed by atoms with Gasteiger partial charge in [0, 0.05) is 0 Å². The molecular formula is C17H34N. The largest absolute Gasteiger partial charge is 0.306 e. The summed E-state index contributed by atoms with van der Waals surface area (Å²) < 4.78 is 0. The first-order valence-corrected chi connectivity index (χ1v) is 8.33. The van der Waals surface area contributed by atoms with E-state index in [0.717, 1.165) is 5.92 Å². The summed E-state index contributed by atoms with van der Waals surface area (Å²) in [6.45, 7) is 4.91. The van der Waals surface area contributed by atoms with E-state index in [0.29, 0.717) is 0 Å². The van der Waals surface area contributed by atoms with Crippen molar-refractivity contribution in [3.63, 3.8) is 0 Å². The molecule has 1 fully saturated rings. The van der Waals surface area contributed by atoms with E-state index >= 15 is 0 Å². The van der Waals surface area contributed by atoms with Crippen molar-refractivity contribution in [1.29, 1.82) is 0 Å². The number of unbranched alkanes of at least 4 members (excludes halogenated alkanes) is 3. The Morgan fingerprint density at radius 3 is 2.72 bits per heavy atom. The lowest BCUT2D eigenvalue weighted by Gasteiger charge is -2.23. The molecule has 1 radical (unpaired) electrons. The summed E-state index contributed by atoms with van der Waals surface area (Å²) in [5, 5.41) is 0. The molecule has 0 aromatic rings. The molecular weight excluding hydrogens is 218 g/mol. The van der Waals surface area contributed by atoms with Crippen LogP contribution in [0.15, 0.2) is 0 Å². The molecule has 0 N–H and O–H groups in total. The molecule has 107 valence electrons. The fourth-order valence-electron chi connectivity index (χ4n) is 2.98. The van der Waals surface area contributed by atoms with Gasteiger partial charge in [0.1, 0.15) is 0 Å². The highest BCUT2D eigenvalue weighted by Gasteiger charge is 2.12. The second-order valence-electron chi connectivity index (χ2n) is 6.17. The van der Waals surface area contributed by atoms with Crippen molar-refractivity contribution >= 4 is 0 Å². The van der Waals surface area contributed by atoms with Gasteiger partial charge in [-0.25, -0.2) is 0 Å². The highest BCUT2D eigenvalue weighted by molar-refractivity contribution is 4.73. The topological polar surface area (TPSA) is 3.24 Å². The van der Waals surface area contributed by atoms with Crippen LogP contribution in [0.2, 0.25) is 0 Å². The lowest BCUT2D eigenvalue weighted by molar-refractivity contribution is 0.275. The summed E-state index contributed by atoms with van der Waals surface area (Å²) >= 11 is 0. The Kier molecular flexibility index (Phi) is 9.65. The molecule has 1 aliphatic carbocycles. The van der Waals surface area contributed by atoms with Gasteiger partial charge in [-0.2, -0.15) is 0 Å². The Morgan fingerprint density at radius 1 is 1.00 bits per heavy atom. The quantitative estimate of drug-likeness (QED) is 0.546. The second kappa shape index (κ2) is 10.8. The summed E-state index contributed by atoms with van der Waals surface area (Å²) in [7, 11) is 2.31. The lowest BCUT2D eigenvalue weighted by atomic mass is 9.89. The summed E-state index contributed by atoms with van der Waals surface area (Å²) in [5.74, 6) is 1.000. The third-order valence-electron chi connectivity index (χ3n) is 4.36. The Morgan fingerprint density at radius 2 is 1.89 bits per heavy atom. The SMILES string of the molecule is CCCCCCN(C)CCC1CC[CH]CCCC1. The maximum atomic E-state index is 2.55. The average molecular weight is 252 g/mol. The summed E-state index contributed by atoms with van der Waals surface area (Å²) in [5.41, 5.74) is 0. The fraction of sp³-hybridized carbons (Fsp3) is 0.941. The zero-order valence-electron chi connectivity index (χ0n) is 12.8. The van der Waals surface area contributed by atoms with Gasteiger partial charge in [0.2, 0.25) is 0 Å². The predicted molar refractivity (Wildman–Crippen MR) is 81.7 cm³/mol. The van der Waals surface area contributed by atoms with E-state index in [1.165, 1.54) is 83.7 Å². The molecule has 1 rings (SSSR count). The van der Waals surface area contributed by atoms with Crippen LogP contribution in [0, 0.1) is 12.3 Å². The van der Waals surface area contributed by atoms with Gasteiger partial charge in [0.15, 0.2) is 0 Å². The van der Waals surface area contributed by atoms with Crippen LogP contribution in [0.4, 0.5) is 0 Å². The molecule has 18 heavy (non-hydrogen) atoms. The van der Waals surface area contributed by atoms with Gasteiger partial charge in [0.05, 0.1) is 0 Å². The smallest absolute Gasteiger partial charge is 0.00191 e. The first-order valence-electron chi connectivity index (χ1n) is 8.33. The van der Waals surface area contributed by atoms with Gasteiger partial charge in [0.25, 0.3) is 0 Å². The summed E-state index contributed by atoms with van der Waals surface area (Å²) in [4.78, 5) is 2.55. The van der Waals surface area contributed by atoms with Crippen molar-refractivity contribution in [2.75, 3.05) is 20.1 Å². The van der Waals surface area contributed by atoms with Crippen LogP contribution in [0.3, 0.4) is 0 Å². The van der Waals surface area contributed by atoms with Gasteiger partial charge in [-0.15, -0.1) is 0 Å². The van der Waals surface area contributed by atoms with E-state index < -0.39 is 0 Å². The van der Waals surface area contributed by atoms with Crippen LogP contribution >= 0.6 is 0 Å². The molecule has 0 heterocycles. The van der Waals surface area contributed by atoms with E-state index in [1.54, 1.807) is 0 Å². The van der Waals surface area contributed by atoms with E-state index in [9.17, 15) is 0 Å². The maximum absolute atomic E-state index is 2.55. The Hall–Kier alpha value is -0.0400. The van der Waals surface area contributed by atoms with Gasteiger partial charge >= 0.3 is 0 Å².